The molecule has 7 heteroatoms. The van der Waals surface area contributed by atoms with Gasteiger partial charge < -0.3 is 16.2 Å². The normalized spacial score (nSPS) is 9.43. The number of aliphatic carboxylic acids is 1. The molecule has 0 atom stereocenters. The number of carbonyl (C=O) groups excluding carboxylic acids is 2. The van der Waals surface area contributed by atoms with E-state index in [0.717, 1.165) is 0 Å². The maximum absolute atomic E-state index is 10.8. The summed E-state index contributed by atoms with van der Waals surface area (Å²) in [6.07, 6.45) is 0.476. The average Bonchev–Trinajstić information content (AvgIpc) is 2.01. The van der Waals surface area contributed by atoms with Crippen LogP contribution in [0.15, 0.2) is 0 Å². The monoisotopic (exact) mass is 203 g/mol. The minimum Gasteiger partial charge on any atom is -0.481 e. The predicted octanol–water partition coefficient (Wildman–Crippen LogP) is -1.36. The highest BCUT2D eigenvalue weighted by Crippen LogP contribution is 1.85. The number of amides is 3. The lowest BCUT2D eigenvalue weighted by atomic mass is 10.3. The molecule has 3 amide bonds. The molecule has 0 aliphatic carbocycles. The van der Waals surface area contributed by atoms with Crippen LogP contribution in [0, 0.1) is 0 Å². The summed E-state index contributed by atoms with van der Waals surface area (Å²) in [4.78, 5) is 31.0. The van der Waals surface area contributed by atoms with Crippen LogP contribution in [-0.2, 0) is 9.59 Å². The molecule has 0 aromatic rings. The Morgan fingerprint density at radius 3 is 2.43 bits per heavy atom. The first-order chi connectivity index (χ1) is 6.52. The summed E-state index contributed by atoms with van der Waals surface area (Å²) in [7, 11) is 0. The molecule has 5 N–H and O–H groups in total. The number of rotatable bonds is 6. The highest BCUT2D eigenvalue weighted by Gasteiger charge is 2.02. The number of carboxylic acid groups (broad SMARTS) is 1. The SMILES string of the molecule is NC(=O)NC(=O)CNCCCC(=O)O. The van der Waals surface area contributed by atoms with E-state index in [1.54, 1.807) is 0 Å². The van der Waals surface area contributed by atoms with Crippen molar-refractivity contribution in [1.82, 2.24) is 10.6 Å². The number of urea groups is 1. The largest absolute Gasteiger partial charge is 0.481 e. The van der Waals surface area contributed by atoms with Gasteiger partial charge in [-0.15, -0.1) is 0 Å². The molecule has 0 fully saturated rings. The summed E-state index contributed by atoms with van der Waals surface area (Å²) >= 11 is 0. The number of primary amides is 1. The predicted molar refractivity (Wildman–Crippen MR) is 47.5 cm³/mol. The van der Waals surface area contributed by atoms with Crippen LogP contribution < -0.4 is 16.4 Å². The third-order valence-electron chi connectivity index (χ3n) is 1.29. The number of nitrogens with one attached hydrogen (secondary N) is 2. The second-order valence-electron chi connectivity index (χ2n) is 2.59. The van der Waals surface area contributed by atoms with Crippen LogP contribution in [-0.4, -0.2) is 36.1 Å². The second kappa shape index (κ2) is 6.84. The fourth-order valence-corrected chi connectivity index (χ4v) is 0.748. The van der Waals surface area contributed by atoms with Crippen molar-refractivity contribution in [1.29, 1.82) is 0 Å². The van der Waals surface area contributed by atoms with Gasteiger partial charge in [0.2, 0.25) is 5.91 Å². The standard InChI is InChI=1S/C7H13N3O4/c8-7(14)10-5(11)4-9-3-1-2-6(12)13/h9H,1-4H2,(H,12,13)(H3,8,10,11,14). The van der Waals surface area contributed by atoms with Crippen LogP contribution in [0.2, 0.25) is 0 Å². The van der Waals surface area contributed by atoms with Gasteiger partial charge in [0.1, 0.15) is 0 Å². The Morgan fingerprint density at radius 1 is 1.29 bits per heavy atom. The van der Waals surface area contributed by atoms with Gasteiger partial charge in [0.05, 0.1) is 6.54 Å². The first-order valence-corrected chi connectivity index (χ1v) is 4.04. The summed E-state index contributed by atoms with van der Waals surface area (Å²) in [5.74, 6) is -1.42. The molecule has 7 nitrogen and oxygen atoms in total. The highest BCUT2D eigenvalue weighted by molar-refractivity contribution is 5.94. The Hall–Kier alpha value is -1.63. The van der Waals surface area contributed by atoms with E-state index >= 15 is 0 Å². The lowest BCUT2D eigenvalue weighted by Gasteiger charge is -2.02. The first-order valence-electron chi connectivity index (χ1n) is 4.04. The summed E-state index contributed by atoms with van der Waals surface area (Å²) in [5, 5.41) is 12.8. The van der Waals surface area contributed by atoms with Crippen LogP contribution in [0.5, 0.6) is 0 Å². The van der Waals surface area contributed by atoms with Crippen molar-refractivity contribution < 1.29 is 19.5 Å². The molecule has 0 aromatic heterocycles. The van der Waals surface area contributed by atoms with Crippen molar-refractivity contribution >= 4 is 17.9 Å². The molecule has 80 valence electrons. The maximum atomic E-state index is 10.8. The van der Waals surface area contributed by atoms with Crippen molar-refractivity contribution in [2.24, 2.45) is 5.73 Å². The van der Waals surface area contributed by atoms with Gasteiger partial charge in [0, 0.05) is 6.42 Å². The molecule has 0 unspecified atom stereocenters. The molecule has 0 saturated carbocycles. The van der Waals surface area contributed by atoms with Gasteiger partial charge in [-0.05, 0) is 13.0 Å². The van der Waals surface area contributed by atoms with Crippen molar-refractivity contribution in [2.45, 2.75) is 12.8 Å². The zero-order chi connectivity index (χ0) is 11.0. The average molecular weight is 203 g/mol. The molecule has 0 aromatic carbocycles. The second-order valence-corrected chi connectivity index (χ2v) is 2.59. The smallest absolute Gasteiger partial charge is 0.318 e. The van der Waals surface area contributed by atoms with E-state index in [4.69, 9.17) is 5.11 Å². The van der Waals surface area contributed by atoms with Crippen LogP contribution in [0.25, 0.3) is 0 Å². The molecule has 0 rings (SSSR count). The van der Waals surface area contributed by atoms with Crippen LogP contribution in [0.4, 0.5) is 4.79 Å². The lowest BCUT2D eigenvalue weighted by molar-refractivity contribution is -0.137. The molecule has 0 heterocycles. The Kier molecular flexibility index (Phi) is 6.04. The van der Waals surface area contributed by atoms with Gasteiger partial charge in [-0.3, -0.25) is 14.9 Å². The van der Waals surface area contributed by atoms with Gasteiger partial charge in [0.15, 0.2) is 0 Å². The molecule has 0 radical (unpaired) electrons. The fraction of sp³-hybridized carbons (Fsp3) is 0.571. The number of carboxylic acids is 1. The van der Waals surface area contributed by atoms with E-state index < -0.39 is 17.9 Å². The van der Waals surface area contributed by atoms with Crippen LogP contribution >= 0.6 is 0 Å². The molecule has 0 aliphatic heterocycles. The quantitative estimate of drug-likeness (QED) is 0.397. The summed E-state index contributed by atoms with van der Waals surface area (Å²) in [6.45, 7) is 0.348. The number of imide groups is 1. The Bertz CT molecular complexity index is 229. The molecule has 0 saturated heterocycles. The number of hydrogen-bond donors (Lipinski definition) is 4. The highest BCUT2D eigenvalue weighted by atomic mass is 16.4. The summed E-state index contributed by atoms with van der Waals surface area (Å²) in [6, 6.07) is -0.901. The van der Waals surface area contributed by atoms with E-state index in [1.165, 1.54) is 0 Å². The van der Waals surface area contributed by atoms with Gasteiger partial charge in [-0.2, -0.15) is 0 Å². The fourth-order valence-electron chi connectivity index (χ4n) is 0.748. The van der Waals surface area contributed by atoms with Gasteiger partial charge in [-0.1, -0.05) is 0 Å². The van der Waals surface area contributed by atoms with Gasteiger partial charge in [0.25, 0.3) is 0 Å². The van der Waals surface area contributed by atoms with Crippen molar-refractivity contribution in [3.05, 3.63) is 0 Å². The molecule has 14 heavy (non-hydrogen) atoms. The van der Waals surface area contributed by atoms with Crippen LogP contribution in [0.1, 0.15) is 12.8 Å². The van der Waals surface area contributed by atoms with Crippen LogP contribution in [0.3, 0.4) is 0 Å². The number of hydrogen-bond acceptors (Lipinski definition) is 4. The van der Waals surface area contributed by atoms with E-state index in [9.17, 15) is 14.4 Å². The first kappa shape index (κ1) is 12.4. The van der Waals surface area contributed by atoms with Crippen molar-refractivity contribution in [3.63, 3.8) is 0 Å². The van der Waals surface area contributed by atoms with E-state index in [-0.39, 0.29) is 13.0 Å². The van der Waals surface area contributed by atoms with Crippen molar-refractivity contribution in [3.8, 4) is 0 Å². The Morgan fingerprint density at radius 2 is 1.93 bits per heavy atom. The summed E-state index contributed by atoms with van der Waals surface area (Å²) in [5.41, 5.74) is 4.69. The number of nitrogens with two attached hydrogens (primary N) is 1. The topological polar surface area (TPSA) is 122 Å². The van der Waals surface area contributed by atoms with Crippen molar-refractivity contribution in [2.75, 3.05) is 13.1 Å². The van der Waals surface area contributed by atoms with E-state index in [1.807, 2.05) is 5.32 Å². The number of carbonyl (C=O) groups is 3. The molecule has 0 spiro atoms. The summed E-state index contributed by atoms with van der Waals surface area (Å²) < 4.78 is 0. The Labute approximate surface area is 80.6 Å². The molecule has 0 aliphatic rings. The maximum Gasteiger partial charge on any atom is 0.318 e. The molecular weight excluding hydrogens is 190 g/mol. The molecule has 0 bridgehead atoms. The van der Waals surface area contributed by atoms with Gasteiger partial charge in [-0.25, -0.2) is 4.79 Å². The zero-order valence-corrected chi connectivity index (χ0v) is 7.58. The lowest BCUT2D eigenvalue weighted by Crippen LogP contribution is -2.40. The molecular formula is C7H13N3O4. The minimum absolute atomic E-state index is 0.0461. The van der Waals surface area contributed by atoms with E-state index in [2.05, 4.69) is 11.1 Å². The van der Waals surface area contributed by atoms with E-state index in [0.29, 0.717) is 13.0 Å². The third kappa shape index (κ3) is 8.47. The minimum atomic E-state index is -0.901. The zero-order valence-electron chi connectivity index (χ0n) is 7.58. The Balaban J connectivity index is 3.32. The third-order valence-corrected chi connectivity index (χ3v) is 1.29. The van der Waals surface area contributed by atoms with Gasteiger partial charge >= 0.3 is 12.0 Å².